The van der Waals surface area contributed by atoms with Crippen molar-refractivity contribution in [1.82, 2.24) is 21.5 Å². The van der Waals surface area contributed by atoms with Crippen molar-refractivity contribution in [2.24, 2.45) is 5.73 Å². The van der Waals surface area contributed by atoms with E-state index in [9.17, 15) is 34.2 Å². The SMILES string of the molecule is CC(O)C(NC(=O)COCCOCCNC1(C(C)O)CC1=O)C(=O)NNC(=O)C(N)CCC(=O)O. The standard InChI is InChI=1S/C20H35N5O10/c1-11(26)17(19(33)25-24-18(32)13(21)3-4-16(30)31)23-15(29)10-35-8-7-34-6-5-22-20(12(2)27)9-14(20)28/h11-13,17,22,26-27H,3-10,21H2,1-2H3,(H,23,29)(H,24,32)(H,25,33)(H,30,31). The number of Topliss-reactive ketones (excluding diaryl/α,β-unsaturated/α-hetero) is 1. The minimum absolute atomic E-state index is 0.0484. The number of nitrogens with one attached hydrogen (secondary N) is 4. The monoisotopic (exact) mass is 505 g/mol. The van der Waals surface area contributed by atoms with E-state index in [4.69, 9.17) is 20.3 Å². The van der Waals surface area contributed by atoms with Crippen LogP contribution in [0.4, 0.5) is 0 Å². The molecule has 5 unspecified atom stereocenters. The van der Waals surface area contributed by atoms with Crippen molar-refractivity contribution < 1.29 is 48.8 Å². The van der Waals surface area contributed by atoms with Crippen LogP contribution in [0, 0.1) is 0 Å². The van der Waals surface area contributed by atoms with Gasteiger partial charge < -0.3 is 41.2 Å². The first kappa shape index (κ1) is 30.3. The number of aliphatic hydroxyl groups is 2. The number of carbonyl (C=O) groups is 5. The molecule has 0 aliphatic heterocycles. The van der Waals surface area contributed by atoms with Crippen molar-refractivity contribution in [3.8, 4) is 0 Å². The van der Waals surface area contributed by atoms with E-state index in [0.717, 1.165) is 0 Å². The summed E-state index contributed by atoms with van der Waals surface area (Å²) in [5.41, 5.74) is 8.66. The quantitative estimate of drug-likeness (QED) is 0.0695. The zero-order valence-electron chi connectivity index (χ0n) is 19.7. The number of ether oxygens (including phenoxy) is 2. The molecule has 0 aromatic heterocycles. The van der Waals surface area contributed by atoms with Crippen molar-refractivity contribution in [1.29, 1.82) is 0 Å². The maximum absolute atomic E-state index is 12.2. The summed E-state index contributed by atoms with van der Waals surface area (Å²) >= 11 is 0. The van der Waals surface area contributed by atoms with Crippen LogP contribution < -0.4 is 27.2 Å². The fourth-order valence-corrected chi connectivity index (χ4v) is 2.95. The average Bonchev–Trinajstić information content (AvgIpc) is 3.46. The van der Waals surface area contributed by atoms with E-state index in [0.29, 0.717) is 6.54 Å². The number of carbonyl (C=O) groups excluding carboxylic acids is 4. The zero-order chi connectivity index (χ0) is 26.6. The van der Waals surface area contributed by atoms with Crippen LogP contribution in [0.5, 0.6) is 0 Å². The van der Waals surface area contributed by atoms with Crippen molar-refractivity contribution in [2.75, 3.05) is 33.0 Å². The molecule has 0 aromatic rings. The highest BCUT2D eigenvalue weighted by Crippen LogP contribution is 2.33. The Bertz CT molecular complexity index is 763. The number of nitrogens with two attached hydrogens (primary N) is 1. The molecule has 5 atom stereocenters. The molecule has 1 rings (SSSR count). The van der Waals surface area contributed by atoms with Crippen LogP contribution in [0.3, 0.4) is 0 Å². The third-order valence-corrected chi connectivity index (χ3v) is 5.21. The van der Waals surface area contributed by atoms with E-state index < -0.39 is 60.1 Å². The van der Waals surface area contributed by atoms with Crippen LogP contribution >= 0.6 is 0 Å². The Labute approximate surface area is 202 Å². The van der Waals surface area contributed by atoms with E-state index in [1.165, 1.54) is 6.92 Å². The van der Waals surface area contributed by atoms with Gasteiger partial charge in [-0.2, -0.15) is 0 Å². The molecule has 15 nitrogen and oxygen atoms in total. The summed E-state index contributed by atoms with van der Waals surface area (Å²) in [6.45, 7) is 3.19. The number of amides is 3. The van der Waals surface area contributed by atoms with Crippen molar-refractivity contribution >= 4 is 29.5 Å². The number of carboxylic acids is 1. The van der Waals surface area contributed by atoms with Crippen LogP contribution in [0.1, 0.15) is 33.1 Å². The second-order valence-electron chi connectivity index (χ2n) is 8.14. The number of rotatable bonds is 17. The number of ketones is 1. The second kappa shape index (κ2) is 14.7. The highest BCUT2D eigenvalue weighted by molar-refractivity contribution is 6.06. The molecule has 0 spiro atoms. The van der Waals surface area contributed by atoms with Gasteiger partial charge in [0.05, 0.1) is 38.1 Å². The smallest absolute Gasteiger partial charge is 0.303 e. The third-order valence-electron chi connectivity index (χ3n) is 5.21. The van der Waals surface area contributed by atoms with Gasteiger partial charge in [0.15, 0.2) is 5.78 Å². The van der Waals surface area contributed by atoms with Gasteiger partial charge in [-0.15, -0.1) is 0 Å². The third kappa shape index (κ3) is 10.6. The molecule has 0 saturated heterocycles. The first-order chi connectivity index (χ1) is 16.4. The molecular weight excluding hydrogens is 470 g/mol. The van der Waals surface area contributed by atoms with Crippen molar-refractivity contribution in [2.45, 2.75) is 62.9 Å². The highest BCUT2D eigenvalue weighted by atomic mass is 16.5. The summed E-state index contributed by atoms with van der Waals surface area (Å²) in [7, 11) is 0. The van der Waals surface area contributed by atoms with E-state index in [1.54, 1.807) is 6.92 Å². The molecule has 1 saturated carbocycles. The molecule has 1 aliphatic carbocycles. The summed E-state index contributed by atoms with van der Waals surface area (Å²) in [6, 6.07) is -2.58. The number of carboxylic acid groups (broad SMARTS) is 1. The molecule has 1 fully saturated rings. The largest absolute Gasteiger partial charge is 0.481 e. The van der Waals surface area contributed by atoms with Gasteiger partial charge in [-0.3, -0.25) is 34.8 Å². The predicted octanol–water partition coefficient (Wildman–Crippen LogP) is -4.09. The average molecular weight is 506 g/mol. The number of hydrazine groups is 1. The minimum atomic E-state index is -1.41. The zero-order valence-corrected chi connectivity index (χ0v) is 19.7. The van der Waals surface area contributed by atoms with Crippen LogP contribution in [0.2, 0.25) is 0 Å². The normalized spacial score (nSPS) is 20.3. The lowest BCUT2D eigenvalue weighted by Crippen LogP contribution is -2.58. The van der Waals surface area contributed by atoms with Gasteiger partial charge in [0.25, 0.3) is 11.8 Å². The van der Waals surface area contributed by atoms with Crippen molar-refractivity contribution in [3.63, 3.8) is 0 Å². The van der Waals surface area contributed by atoms with Gasteiger partial charge in [0.1, 0.15) is 18.2 Å². The topological polar surface area (TPSA) is 239 Å². The Balaban J connectivity index is 2.23. The van der Waals surface area contributed by atoms with Crippen LogP contribution in [0.25, 0.3) is 0 Å². The lowest BCUT2D eigenvalue weighted by atomic mass is 10.1. The number of hydrogen-bond donors (Lipinski definition) is 8. The Morgan fingerprint density at radius 1 is 1.06 bits per heavy atom. The lowest BCUT2D eigenvalue weighted by molar-refractivity contribution is -0.137. The molecular formula is C20H35N5O10. The molecule has 0 aromatic carbocycles. The molecule has 3 amide bonds. The first-order valence-electron chi connectivity index (χ1n) is 11.1. The van der Waals surface area contributed by atoms with Gasteiger partial charge in [-0.25, -0.2) is 0 Å². The maximum Gasteiger partial charge on any atom is 0.303 e. The molecule has 0 radical (unpaired) electrons. The molecule has 0 bridgehead atoms. The Morgan fingerprint density at radius 3 is 2.20 bits per heavy atom. The summed E-state index contributed by atoms with van der Waals surface area (Å²) < 4.78 is 10.5. The molecule has 9 N–H and O–H groups in total. The van der Waals surface area contributed by atoms with Crippen LogP contribution in [-0.2, 0) is 33.4 Å². The highest BCUT2D eigenvalue weighted by Gasteiger charge is 2.56. The van der Waals surface area contributed by atoms with E-state index in [2.05, 4.69) is 10.6 Å². The Kier molecular flexibility index (Phi) is 12.7. The maximum atomic E-state index is 12.2. The number of aliphatic carboxylic acids is 1. The van der Waals surface area contributed by atoms with E-state index in [1.807, 2.05) is 10.9 Å². The van der Waals surface area contributed by atoms with Gasteiger partial charge >= 0.3 is 5.97 Å². The van der Waals surface area contributed by atoms with Crippen LogP contribution in [0.15, 0.2) is 0 Å². The van der Waals surface area contributed by atoms with Crippen molar-refractivity contribution in [3.05, 3.63) is 0 Å². The summed E-state index contributed by atoms with van der Waals surface area (Å²) in [4.78, 5) is 57.9. The number of aliphatic hydroxyl groups excluding tert-OH is 2. The summed E-state index contributed by atoms with van der Waals surface area (Å²) in [5, 5.41) is 33.2. The lowest BCUT2D eigenvalue weighted by Gasteiger charge is -2.21. The summed E-state index contributed by atoms with van der Waals surface area (Å²) in [5.74, 6) is -3.64. The van der Waals surface area contributed by atoms with Gasteiger partial charge in [-0.1, -0.05) is 0 Å². The minimum Gasteiger partial charge on any atom is -0.481 e. The van der Waals surface area contributed by atoms with Gasteiger partial charge in [-0.05, 0) is 20.3 Å². The predicted molar refractivity (Wildman–Crippen MR) is 118 cm³/mol. The molecule has 0 heterocycles. The van der Waals surface area contributed by atoms with E-state index >= 15 is 0 Å². The molecule has 1 aliphatic rings. The van der Waals surface area contributed by atoms with Gasteiger partial charge in [0.2, 0.25) is 5.91 Å². The van der Waals surface area contributed by atoms with Gasteiger partial charge in [0, 0.05) is 19.4 Å². The first-order valence-corrected chi connectivity index (χ1v) is 11.1. The molecule has 15 heteroatoms. The fraction of sp³-hybridized carbons (Fsp3) is 0.750. The molecule has 200 valence electrons. The molecule has 35 heavy (non-hydrogen) atoms. The van der Waals surface area contributed by atoms with E-state index in [-0.39, 0.29) is 44.9 Å². The van der Waals surface area contributed by atoms with Crippen LogP contribution in [-0.4, -0.2) is 108 Å². The Morgan fingerprint density at radius 2 is 1.66 bits per heavy atom. The number of hydrogen-bond acceptors (Lipinski definition) is 11. The summed E-state index contributed by atoms with van der Waals surface area (Å²) in [6.07, 6.45) is -2.30. The second-order valence-corrected chi connectivity index (χ2v) is 8.14. The fourth-order valence-electron chi connectivity index (χ4n) is 2.95. The Hall–Kier alpha value is -2.69.